The average Bonchev–Trinajstić information content (AvgIpc) is 2.96. The summed E-state index contributed by atoms with van der Waals surface area (Å²) in [5.74, 6) is -0.0455. The third kappa shape index (κ3) is 17.1. The zero-order valence-corrected chi connectivity index (χ0v) is 30.3. The molecule has 3 rings (SSSR count). The van der Waals surface area contributed by atoms with Crippen molar-refractivity contribution < 1.29 is 46.9 Å². The molecular formula is C29H39Cl2F3N7O8P. The van der Waals surface area contributed by atoms with Gasteiger partial charge in [0.15, 0.2) is 7.37 Å². The van der Waals surface area contributed by atoms with Crippen molar-refractivity contribution in [3.05, 3.63) is 62.4 Å². The molecule has 6 N–H and O–H groups in total. The fraction of sp³-hybridized carbons (Fsp3) is 0.448. The second-order valence-electron chi connectivity index (χ2n) is 11.2. The summed E-state index contributed by atoms with van der Waals surface area (Å²) in [6, 6.07) is 5.37. The molecule has 0 aliphatic carbocycles. The quantitative estimate of drug-likeness (QED) is 0.0691. The molecule has 0 saturated carbocycles. The second kappa shape index (κ2) is 19.4. The number of benzene rings is 2. The first kappa shape index (κ1) is 44.1. The average molecular weight is 773 g/mol. The van der Waals surface area contributed by atoms with Gasteiger partial charge in [0, 0.05) is 37.0 Å². The number of carboxylic acids is 1. The van der Waals surface area contributed by atoms with Crippen LogP contribution in [0.4, 0.5) is 30.8 Å². The van der Waals surface area contributed by atoms with Crippen LogP contribution in [0.3, 0.4) is 0 Å². The Labute approximate surface area is 296 Å². The molecule has 15 nitrogen and oxygen atoms in total. The number of rotatable bonds is 12. The first-order chi connectivity index (χ1) is 22.9. The van der Waals surface area contributed by atoms with Gasteiger partial charge in [0.2, 0.25) is 22.9 Å². The van der Waals surface area contributed by atoms with Crippen LogP contribution in [-0.4, -0.2) is 73.4 Å². The van der Waals surface area contributed by atoms with E-state index in [0.29, 0.717) is 11.9 Å². The van der Waals surface area contributed by atoms with E-state index in [2.05, 4.69) is 25.6 Å². The van der Waals surface area contributed by atoms with Crippen LogP contribution in [0.1, 0.15) is 46.6 Å². The van der Waals surface area contributed by atoms with Crippen LogP contribution in [0.25, 0.3) is 0 Å². The maximum Gasteiger partial charge on any atom is 0.416 e. The number of halogens is 5. The molecule has 0 fully saturated rings. The molecule has 3 aromatic rings. The number of anilines is 2. The minimum absolute atomic E-state index is 0.0111. The van der Waals surface area contributed by atoms with Gasteiger partial charge in [-0.15, -0.1) is 0 Å². The van der Waals surface area contributed by atoms with E-state index >= 15 is 0 Å². The maximum absolute atomic E-state index is 12.6. The van der Waals surface area contributed by atoms with E-state index in [1.54, 1.807) is 6.92 Å². The standard InChI is InChI=1S/C15H11ClF3NO4.C9H16ClN5.C5H12NO4P/c1-2-23-14-8-10(4-5-12(14)20(21)22)24-13-6-3-9(7-11(13)16)15(17,18)19;1-5-11-7-12-6(10)13-8(14-7)15-9(2,3)4;1-11(9,10)3-2-4(6)5(7)8/h3-8H,2H2,1H3;5H2,1-4H3,(H2,11,12,13,14,15);4H,2-3,6H2,1H3,(H,7,8)(H,9,10). The van der Waals surface area contributed by atoms with Crippen molar-refractivity contribution in [1.29, 1.82) is 0 Å². The molecule has 0 bridgehead atoms. The minimum atomic E-state index is -4.52. The predicted octanol–water partition coefficient (Wildman–Crippen LogP) is 7.31. The molecule has 0 radical (unpaired) electrons. The Morgan fingerprint density at radius 3 is 2.18 bits per heavy atom. The molecule has 50 heavy (non-hydrogen) atoms. The van der Waals surface area contributed by atoms with Crippen LogP contribution in [0.15, 0.2) is 36.4 Å². The molecular weight excluding hydrogens is 733 g/mol. The number of carbonyl (C=O) groups is 1. The number of nitrogens with one attached hydrogen (secondary N) is 2. The summed E-state index contributed by atoms with van der Waals surface area (Å²) in [4.78, 5) is 41.3. The first-order valence-corrected chi connectivity index (χ1v) is 17.7. The Balaban J connectivity index is 0.000000412. The number of hydrogen-bond acceptors (Lipinski definition) is 12. The van der Waals surface area contributed by atoms with Gasteiger partial charge in [0.1, 0.15) is 17.5 Å². The second-order valence-corrected chi connectivity index (χ2v) is 14.5. The van der Waals surface area contributed by atoms with Crippen molar-refractivity contribution in [2.75, 3.05) is 36.6 Å². The third-order valence-corrected chi connectivity index (χ3v) is 7.07. The van der Waals surface area contributed by atoms with Gasteiger partial charge in [-0.05, 0) is 76.9 Å². The molecule has 0 aliphatic rings. The molecule has 2 atom stereocenters. The van der Waals surface area contributed by atoms with Crippen LogP contribution in [-0.2, 0) is 15.5 Å². The van der Waals surface area contributed by atoms with Crippen molar-refractivity contribution in [3.8, 4) is 17.2 Å². The normalized spacial score (nSPS) is 12.9. The van der Waals surface area contributed by atoms with Crippen molar-refractivity contribution in [2.45, 2.75) is 58.8 Å². The summed E-state index contributed by atoms with van der Waals surface area (Å²) in [6.45, 7) is 11.8. The maximum atomic E-state index is 12.6. The van der Waals surface area contributed by atoms with Crippen molar-refractivity contribution in [2.24, 2.45) is 5.73 Å². The third-order valence-electron chi connectivity index (χ3n) is 5.52. The van der Waals surface area contributed by atoms with Gasteiger partial charge in [-0.1, -0.05) is 11.6 Å². The van der Waals surface area contributed by atoms with Gasteiger partial charge >= 0.3 is 17.8 Å². The fourth-order valence-electron chi connectivity index (χ4n) is 3.35. The van der Waals surface area contributed by atoms with E-state index in [0.717, 1.165) is 24.7 Å². The van der Waals surface area contributed by atoms with Gasteiger partial charge in [-0.25, -0.2) is 0 Å². The zero-order chi connectivity index (χ0) is 38.4. The van der Waals surface area contributed by atoms with Crippen LogP contribution in [0, 0.1) is 10.1 Å². The summed E-state index contributed by atoms with van der Waals surface area (Å²) >= 11 is 11.6. The van der Waals surface area contributed by atoms with Crippen LogP contribution in [0.5, 0.6) is 17.2 Å². The van der Waals surface area contributed by atoms with Gasteiger partial charge < -0.3 is 35.8 Å². The summed E-state index contributed by atoms with van der Waals surface area (Å²) in [5.41, 5.74) is 3.84. The highest BCUT2D eigenvalue weighted by molar-refractivity contribution is 7.57. The molecule has 21 heteroatoms. The van der Waals surface area contributed by atoms with Crippen molar-refractivity contribution in [3.63, 3.8) is 0 Å². The molecule has 0 spiro atoms. The topological polar surface area (TPSA) is 225 Å². The Bertz CT molecular complexity index is 1640. The molecule has 0 aliphatic heterocycles. The van der Waals surface area contributed by atoms with Crippen LogP contribution >= 0.6 is 30.6 Å². The Hall–Kier alpha value is -3.96. The van der Waals surface area contributed by atoms with Gasteiger partial charge in [-0.3, -0.25) is 19.5 Å². The predicted molar refractivity (Wildman–Crippen MR) is 184 cm³/mol. The minimum Gasteiger partial charge on any atom is -0.487 e. The number of ether oxygens (including phenoxy) is 2. The number of hydrogen-bond donors (Lipinski definition) is 5. The highest BCUT2D eigenvalue weighted by Crippen LogP contribution is 2.38. The Morgan fingerprint density at radius 1 is 1.08 bits per heavy atom. The van der Waals surface area contributed by atoms with Crippen LogP contribution < -0.4 is 25.8 Å². The largest absolute Gasteiger partial charge is 0.487 e. The van der Waals surface area contributed by atoms with Gasteiger partial charge in [-0.2, -0.15) is 28.1 Å². The zero-order valence-electron chi connectivity index (χ0n) is 27.9. The molecule has 0 saturated heterocycles. The number of alkyl halides is 3. The molecule has 2 unspecified atom stereocenters. The lowest BCUT2D eigenvalue weighted by molar-refractivity contribution is -0.385. The highest BCUT2D eigenvalue weighted by Gasteiger charge is 2.31. The molecule has 1 heterocycles. The SMILES string of the molecule is CCNc1nc(Cl)nc(NC(C)(C)C)n1.CCOc1cc(Oc2ccc(C(F)(F)F)cc2Cl)ccc1[N+](=O)[O-].CP(=O)(O)CCC(N)C(=O)O. The van der Waals surface area contributed by atoms with Crippen molar-refractivity contribution in [1.82, 2.24) is 15.0 Å². The van der Waals surface area contributed by atoms with E-state index in [9.17, 15) is 32.6 Å². The number of aromatic nitrogens is 3. The van der Waals surface area contributed by atoms with Gasteiger partial charge in [0.25, 0.3) is 0 Å². The monoisotopic (exact) mass is 771 g/mol. The summed E-state index contributed by atoms with van der Waals surface area (Å²) in [5, 5.41) is 25.3. The van der Waals surface area contributed by atoms with E-state index in [1.807, 2.05) is 27.7 Å². The molecule has 278 valence electrons. The number of nitrogens with two attached hydrogens (primary N) is 1. The molecule has 1 aromatic heterocycles. The summed E-state index contributed by atoms with van der Waals surface area (Å²) in [7, 11) is -3.10. The van der Waals surface area contributed by atoms with Gasteiger partial charge in [0.05, 0.1) is 22.1 Å². The number of nitrogens with zero attached hydrogens (tertiary/aromatic N) is 4. The number of carboxylic acid groups (broad SMARTS) is 1. The lowest BCUT2D eigenvalue weighted by Crippen LogP contribution is -2.30. The lowest BCUT2D eigenvalue weighted by atomic mass is 10.1. The van der Waals surface area contributed by atoms with Crippen LogP contribution in [0.2, 0.25) is 10.3 Å². The van der Waals surface area contributed by atoms with E-state index < -0.39 is 36.0 Å². The lowest BCUT2D eigenvalue weighted by Gasteiger charge is -2.20. The molecule has 0 amide bonds. The fourth-order valence-corrected chi connectivity index (χ4v) is 4.48. The summed E-state index contributed by atoms with van der Waals surface area (Å²) in [6.07, 6.45) is -4.52. The van der Waals surface area contributed by atoms with E-state index in [1.165, 1.54) is 24.9 Å². The van der Waals surface area contributed by atoms with Crippen molar-refractivity contribution >= 4 is 54.1 Å². The van der Waals surface area contributed by atoms with E-state index in [-0.39, 0.29) is 58.0 Å². The Morgan fingerprint density at radius 2 is 1.70 bits per heavy atom. The number of nitro groups is 1. The van der Waals surface area contributed by atoms with E-state index in [4.69, 9.17) is 48.4 Å². The number of nitro benzene ring substituents is 1. The smallest absolute Gasteiger partial charge is 0.416 e. The highest BCUT2D eigenvalue weighted by atomic mass is 35.5. The summed E-state index contributed by atoms with van der Waals surface area (Å²) < 4.78 is 59.0. The Kier molecular flexibility index (Phi) is 17.1. The molecule has 2 aromatic carbocycles. The first-order valence-electron chi connectivity index (χ1n) is 14.6. The number of aliphatic carboxylic acids is 1.